The molecule has 0 fully saturated rings. The van der Waals surface area contributed by atoms with Gasteiger partial charge in [0.05, 0.1) is 0 Å². The predicted molar refractivity (Wildman–Crippen MR) is 279 cm³/mol. The van der Waals surface area contributed by atoms with Gasteiger partial charge >= 0.3 is 17.9 Å². The number of carbonyl (C=O) groups excluding carboxylic acids is 3. The monoisotopic (exact) mass is 905 g/mol. The van der Waals surface area contributed by atoms with E-state index in [0.29, 0.717) is 19.3 Å². The summed E-state index contributed by atoms with van der Waals surface area (Å²) in [6.45, 7) is 6.37. The Morgan fingerprint density at radius 2 is 0.677 bits per heavy atom. The highest BCUT2D eigenvalue weighted by Crippen LogP contribution is 2.14. The molecule has 65 heavy (non-hydrogen) atoms. The molecule has 0 aromatic carbocycles. The molecule has 1 unspecified atom stereocenters. The molecule has 0 saturated heterocycles. The Morgan fingerprint density at radius 3 is 1.12 bits per heavy atom. The molecule has 0 spiro atoms. The summed E-state index contributed by atoms with van der Waals surface area (Å²) in [6.07, 6.45) is 68.6. The Morgan fingerprint density at radius 1 is 0.338 bits per heavy atom. The summed E-state index contributed by atoms with van der Waals surface area (Å²) in [5.74, 6) is -0.933. The lowest BCUT2D eigenvalue weighted by atomic mass is 10.1. The normalized spacial score (nSPS) is 12.7. The molecule has 0 aromatic heterocycles. The first-order valence-corrected chi connectivity index (χ1v) is 27.1. The van der Waals surface area contributed by atoms with Crippen LogP contribution in [0.5, 0.6) is 0 Å². The van der Waals surface area contributed by atoms with Gasteiger partial charge in [0, 0.05) is 19.3 Å². The van der Waals surface area contributed by atoms with E-state index < -0.39 is 6.10 Å². The molecule has 0 aliphatic heterocycles. The lowest BCUT2D eigenvalue weighted by molar-refractivity contribution is -0.167. The van der Waals surface area contributed by atoms with Gasteiger partial charge in [0.1, 0.15) is 13.2 Å². The van der Waals surface area contributed by atoms with Crippen molar-refractivity contribution in [3.8, 4) is 0 Å². The average molecular weight is 905 g/mol. The maximum Gasteiger partial charge on any atom is 0.306 e. The van der Waals surface area contributed by atoms with Gasteiger partial charge in [-0.2, -0.15) is 0 Å². The van der Waals surface area contributed by atoms with Crippen LogP contribution in [0, 0.1) is 0 Å². The van der Waals surface area contributed by atoms with Gasteiger partial charge in [0.15, 0.2) is 6.10 Å². The summed E-state index contributed by atoms with van der Waals surface area (Å²) in [5.41, 5.74) is 0. The van der Waals surface area contributed by atoms with Crippen molar-refractivity contribution in [2.45, 2.75) is 258 Å². The number of esters is 3. The highest BCUT2D eigenvalue weighted by Gasteiger charge is 2.19. The highest BCUT2D eigenvalue weighted by atomic mass is 16.6. The third-order valence-corrected chi connectivity index (χ3v) is 11.4. The number of rotatable bonds is 48. The number of unbranched alkanes of at least 4 members (excludes halogenated alkanes) is 25. The first-order valence-electron chi connectivity index (χ1n) is 27.1. The summed E-state index contributed by atoms with van der Waals surface area (Å²) in [6, 6.07) is 0. The highest BCUT2D eigenvalue weighted by molar-refractivity contribution is 5.71. The fourth-order valence-electron chi connectivity index (χ4n) is 7.39. The van der Waals surface area contributed by atoms with E-state index in [9.17, 15) is 14.4 Å². The Labute approximate surface area is 401 Å². The van der Waals surface area contributed by atoms with Crippen LogP contribution in [0.3, 0.4) is 0 Å². The quantitative estimate of drug-likeness (QED) is 0.0199. The lowest BCUT2D eigenvalue weighted by Gasteiger charge is -2.18. The minimum absolute atomic E-state index is 0.0933. The minimum atomic E-state index is -0.796. The first kappa shape index (κ1) is 61.6. The van der Waals surface area contributed by atoms with E-state index in [1.165, 1.54) is 89.9 Å². The van der Waals surface area contributed by atoms with E-state index in [-0.39, 0.29) is 31.1 Å². The second-order valence-corrected chi connectivity index (χ2v) is 17.8. The van der Waals surface area contributed by atoms with Gasteiger partial charge in [-0.1, -0.05) is 221 Å². The maximum absolute atomic E-state index is 12.8. The standard InChI is InChI=1S/C59H100O6/c1-4-7-10-13-16-19-22-25-27-29-30-32-34-37-40-43-46-49-52-58(61)64-55-56(54-63-57(60)51-48-45-42-39-36-33-24-21-18-15-12-9-6-3)65-59(62)53-50-47-44-41-38-35-31-28-26-23-20-17-14-11-8-5-2/h8-9,11-12,15,17-18,20-21,24,26,28,30,32,56H,4-7,10,13-14,16,19,22-23,25,27,29,31,33-55H2,1-3H3/b11-8+,12-9+,18-15+,20-17+,24-21+,28-26+,32-30+. The molecular weight excluding hydrogens is 805 g/mol. The van der Waals surface area contributed by atoms with Crippen LogP contribution in [0.4, 0.5) is 0 Å². The van der Waals surface area contributed by atoms with Crippen LogP contribution in [-0.4, -0.2) is 37.2 Å². The van der Waals surface area contributed by atoms with Crippen molar-refractivity contribution in [1.82, 2.24) is 0 Å². The Kier molecular flexibility index (Phi) is 50.4. The van der Waals surface area contributed by atoms with Crippen LogP contribution in [-0.2, 0) is 28.6 Å². The molecule has 0 aliphatic carbocycles. The molecule has 0 rings (SSSR count). The van der Waals surface area contributed by atoms with Crippen molar-refractivity contribution in [1.29, 1.82) is 0 Å². The molecule has 6 heteroatoms. The van der Waals surface area contributed by atoms with Gasteiger partial charge in [-0.05, 0) is 96.3 Å². The third-order valence-electron chi connectivity index (χ3n) is 11.4. The van der Waals surface area contributed by atoms with Crippen LogP contribution in [0.1, 0.15) is 252 Å². The molecule has 0 amide bonds. The zero-order chi connectivity index (χ0) is 47.2. The molecule has 6 nitrogen and oxygen atoms in total. The van der Waals surface area contributed by atoms with E-state index in [0.717, 1.165) is 122 Å². The second kappa shape index (κ2) is 53.2. The summed E-state index contributed by atoms with van der Waals surface area (Å²) < 4.78 is 16.8. The molecule has 0 aromatic rings. The Balaban J connectivity index is 4.42. The van der Waals surface area contributed by atoms with E-state index in [1.54, 1.807) is 0 Å². The molecular formula is C59H100O6. The second-order valence-electron chi connectivity index (χ2n) is 17.8. The van der Waals surface area contributed by atoms with Crippen molar-refractivity contribution in [2.75, 3.05) is 13.2 Å². The fourth-order valence-corrected chi connectivity index (χ4v) is 7.39. The SMILES string of the molecule is CC/C=C/C=C/C=C/CCCCCCCC(=O)OCC(COC(=O)CCCCCCC/C=C/CCCCCCCCCCC)OC(=O)CCCCCCCC/C=C/C/C=C/C/C=C/CC. The molecule has 0 bridgehead atoms. The van der Waals surface area contributed by atoms with Crippen molar-refractivity contribution < 1.29 is 28.6 Å². The average Bonchev–Trinajstić information content (AvgIpc) is 3.30. The van der Waals surface area contributed by atoms with Crippen LogP contribution >= 0.6 is 0 Å². The summed E-state index contributed by atoms with van der Waals surface area (Å²) in [7, 11) is 0. The molecule has 0 heterocycles. The predicted octanol–water partition coefficient (Wildman–Crippen LogP) is 18.0. The van der Waals surface area contributed by atoms with Crippen molar-refractivity contribution in [3.05, 3.63) is 85.1 Å². The van der Waals surface area contributed by atoms with Crippen LogP contribution in [0.2, 0.25) is 0 Å². The summed E-state index contributed by atoms with van der Waals surface area (Å²) >= 11 is 0. The Bertz CT molecular complexity index is 1270. The molecule has 0 aliphatic rings. The first-order chi connectivity index (χ1) is 32.0. The summed E-state index contributed by atoms with van der Waals surface area (Å²) in [5, 5.41) is 0. The fraction of sp³-hybridized carbons (Fsp3) is 0.712. The maximum atomic E-state index is 12.8. The van der Waals surface area contributed by atoms with Crippen molar-refractivity contribution >= 4 is 17.9 Å². The number of hydrogen-bond acceptors (Lipinski definition) is 6. The van der Waals surface area contributed by atoms with Crippen molar-refractivity contribution in [2.24, 2.45) is 0 Å². The zero-order valence-electron chi connectivity index (χ0n) is 42.5. The van der Waals surface area contributed by atoms with E-state index in [4.69, 9.17) is 14.2 Å². The van der Waals surface area contributed by atoms with Gasteiger partial charge < -0.3 is 14.2 Å². The van der Waals surface area contributed by atoms with Gasteiger partial charge in [-0.3, -0.25) is 14.4 Å². The van der Waals surface area contributed by atoms with Gasteiger partial charge in [-0.25, -0.2) is 0 Å². The molecule has 0 N–H and O–H groups in total. The van der Waals surface area contributed by atoms with Crippen LogP contribution in [0.25, 0.3) is 0 Å². The number of carbonyl (C=O) groups is 3. The third kappa shape index (κ3) is 51.4. The van der Waals surface area contributed by atoms with Gasteiger partial charge in [-0.15, -0.1) is 0 Å². The van der Waals surface area contributed by atoms with Crippen LogP contribution in [0.15, 0.2) is 85.1 Å². The number of hydrogen-bond donors (Lipinski definition) is 0. The minimum Gasteiger partial charge on any atom is -0.462 e. The van der Waals surface area contributed by atoms with E-state index in [1.807, 2.05) is 0 Å². The van der Waals surface area contributed by atoms with E-state index in [2.05, 4.69) is 106 Å². The summed E-state index contributed by atoms with van der Waals surface area (Å²) in [4.78, 5) is 38.1. The number of ether oxygens (including phenoxy) is 3. The van der Waals surface area contributed by atoms with Crippen LogP contribution < -0.4 is 0 Å². The molecule has 372 valence electrons. The molecule has 0 saturated carbocycles. The largest absolute Gasteiger partial charge is 0.462 e. The van der Waals surface area contributed by atoms with Gasteiger partial charge in [0.25, 0.3) is 0 Å². The number of allylic oxidation sites excluding steroid dienone is 14. The van der Waals surface area contributed by atoms with Crippen molar-refractivity contribution in [3.63, 3.8) is 0 Å². The lowest BCUT2D eigenvalue weighted by Crippen LogP contribution is -2.30. The smallest absolute Gasteiger partial charge is 0.306 e. The van der Waals surface area contributed by atoms with E-state index >= 15 is 0 Å². The molecule has 0 radical (unpaired) electrons. The topological polar surface area (TPSA) is 78.9 Å². The van der Waals surface area contributed by atoms with Gasteiger partial charge in [0.2, 0.25) is 0 Å². The Hall–Kier alpha value is -3.41. The molecule has 1 atom stereocenters. The zero-order valence-corrected chi connectivity index (χ0v) is 42.5.